The van der Waals surface area contributed by atoms with Crippen LogP contribution in [0.3, 0.4) is 0 Å². The fraction of sp³-hybridized carbons (Fsp3) is 0.625. The van der Waals surface area contributed by atoms with Gasteiger partial charge in [0.2, 0.25) is 0 Å². The Morgan fingerprint density at radius 2 is 2.29 bits per heavy atom. The lowest BCUT2D eigenvalue weighted by Gasteiger charge is -2.42. The Kier molecular flexibility index (Phi) is 4.62. The molecule has 1 aromatic heterocycles. The summed E-state index contributed by atoms with van der Waals surface area (Å²) in [5.74, 6) is 2.60. The first-order valence-corrected chi connectivity index (χ1v) is 8.79. The molecule has 3 rings (SSSR count). The van der Waals surface area contributed by atoms with Gasteiger partial charge in [-0.15, -0.1) is 0 Å². The highest BCUT2D eigenvalue weighted by Gasteiger charge is 2.41. The van der Waals surface area contributed by atoms with Crippen molar-refractivity contribution < 1.29 is 9.53 Å². The molecule has 2 aliphatic heterocycles. The first kappa shape index (κ1) is 15.0. The van der Waals surface area contributed by atoms with Crippen LogP contribution in [-0.4, -0.2) is 34.5 Å². The summed E-state index contributed by atoms with van der Waals surface area (Å²) in [6.07, 6.45) is 5.53. The van der Waals surface area contributed by atoms with Crippen LogP contribution >= 0.6 is 11.8 Å². The summed E-state index contributed by atoms with van der Waals surface area (Å²) in [5, 5.41) is 0. The van der Waals surface area contributed by atoms with Crippen LogP contribution in [0.15, 0.2) is 18.3 Å². The molecule has 2 saturated heterocycles. The summed E-state index contributed by atoms with van der Waals surface area (Å²) >= 11 is 1.99. The fourth-order valence-corrected chi connectivity index (χ4v) is 4.56. The average Bonchev–Trinajstić information content (AvgIpc) is 2.55. The Labute approximate surface area is 129 Å². The van der Waals surface area contributed by atoms with Crippen LogP contribution in [0.1, 0.15) is 41.7 Å². The molecule has 1 spiro atoms. The first-order valence-electron chi connectivity index (χ1n) is 7.63. The highest BCUT2D eigenvalue weighted by molar-refractivity contribution is 7.99. The van der Waals surface area contributed by atoms with Crippen molar-refractivity contribution in [3.05, 3.63) is 29.6 Å². The molecule has 3 heterocycles. The molecule has 0 bridgehead atoms. The quantitative estimate of drug-likeness (QED) is 0.869. The minimum absolute atomic E-state index is 0.0481. The van der Waals surface area contributed by atoms with E-state index in [9.17, 15) is 4.79 Å². The van der Waals surface area contributed by atoms with E-state index in [4.69, 9.17) is 10.5 Å². The van der Waals surface area contributed by atoms with Crippen molar-refractivity contribution >= 4 is 17.5 Å². The van der Waals surface area contributed by atoms with Gasteiger partial charge in [0.25, 0.3) is 0 Å². The maximum Gasteiger partial charge on any atom is 0.166 e. The number of nitrogens with zero attached hydrogens (tertiary/aromatic N) is 1. The van der Waals surface area contributed by atoms with Crippen molar-refractivity contribution in [2.24, 2.45) is 11.7 Å². The Balaban J connectivity index is 1.74. The Morgan fingerprint density at radius 1 is 1.48 bits per heavy atom. The molecule has 4 nitrogen and oxygen atoms in total. The number of nitrogens with two attached hydrogens (primary N) is 1. The smallest absolute Gasteiger partial charge is 0.166 e. The number of aromatic nitrogens is 1. The molecule has 21 heavy (non-hydrogen) atoms. The standard InChI is InChI=1S/C16H22N2O2S/c17-11-14-9-12(1-5-18-14)15(19)13-2-6-20-16(10-13)3-7-21-8-4-16/h1,5,9,13H,2-4,6-8,10-11,17H2. The molecule has 5 heteroatoms. The van der Waals surface area contributed by atoms with Crippen molar-refractivity contribution in [2.45, 2.75) is 37.8 Å². The molecule has 1 aromatic rings. The van der Waals surface area contributed by atoms with Gasteiger partial charge in [-0.3, -0.25) is 9.78 Å². The molecule has 0 aliphatic carbocycles. The molecular formula is C16H22N2O2S. The van der Waals surface area contributed by atoms with Crippen LogP contribution in [0, 0.1) is 5.92 Å². The van der Waals surface area contributed by atoms with E-state index in [0.717, 1.165) is 48.4 Å². The predicted octanol–water partition coefficient (Wildman–Crippen LogP) is 2.42. The van der Waals surface area contributed by atoms with E-state index in [1.807, 2.05) is 17.8 Å². The molecular weight excluding hydrogens is 284 g/mol. The lowest BCUT2D eigenvalue weighted by Crippen LogP contribution is -2.44. The Morgan fingerprint density at radius 3 is 3.05 bits per heavy atom. The molecule has 2 N–H and O–H groups in total. The monoisotopic (exact) mass is 306 g/mol. The molecule has 114 valence electrons. The van der Waals surface area contributed by atoms with Crippen molar-refractivity contribution in [3.8, 4) is 0 Å². The topological polar surface area (TPSA) is 65.2 Å². The van der Waals surface area contributed by atoms with E-state index in [1.165, 1.54) is 0 Å². The van der Waals surface area contributed by atoms with Gasteiger partial charge in [-0.25, -0.2) is 0 Å². The third kappa shape index (κ3) is 3.30. The largest absolute Gasteiger partial charge is 0.375 e. The van der Waals surface area contributed by atoms with E-state index in [1.54, 1.807) is 12.3 Å². The number of ether oxygens (including phenoxy) is 1. The summed E-state index contributed by atoms with van der Waals surface area (Å²) in [7, 11) is 0. The van der Waals surface area contributed by atoms with Crippen molar-refractivity contribution in [3.63, 3.8) is 0 Å². The van der Waals surface area contributed by atoms with Gasteiger partial charge in [0.05, 0.1) is 11.3 Å². The second kappa shape index (κ2) is 6.46. The second-order valence-corrected chi connectivity index (χ2v) is 7.16. The summed E-state index contributed by atoms with van der Waals surface area (Å²) < 4.78 is 6.07. The van der Waals surface area contributed by atoms with Gasteiger partial charge < -0.3 is 10.5 Å². The van der Waals surface area contributed by atoms with Crippen molar-refractivity contribution in [1.29, 1.82) is 0 Å². The van der Waals surface area contributed by atoms with E-state index in [-0.39, 0.29) is 17.3 Å². The SMILES string of the molecule is NCc1cc(C(=O)C2CCOC3(CCSCC3)C2)ccn1. The van der Waals surface area contributed by atoms with Gasteiger partial charge in [-0.1, -0.05) is 0 Å². The zero-order valence-corrected chi connectivity index (χ0v) is 13.0. The number of rotatable bonds is 3. The van der Waals surface area contributed by atoms with Crippen LogP contribution < -0.4 is 5.73 Å². The molecule has 1 unspecified atom stereocenters. The predicted molar refractivity (Wildman–Crippen MR) is 84.4 cm³/mol. The van der Waals surface area contributed by atoms with E-state index in [2.05, 4.69) is 4.98 Å². The third-order valence-electron chi connectivity index (χ3n) is 4.58. The number of carbonyl (C=O) groups excluding carboxylic acids is 1. The van der Waals surface area contributed by atoms with Gasteiger partial charge in [0, 0.05) is 30.8 Å². The molecule has 1 atom stereocenters. The van der Waals surface area contributed by atoms with E-state index < -0.39 is 0 Å². The Hall–Kier alpha value is -0.910. The lowest BCUT2D eigenvalue weighted by atomic mass is 9.79. The van der Waals surface area contributed by atoms with E-state index in [0.29, 0.717) is 13.2 Å². The maximum absolute atomic E-state index is 12.8. The number of hydrogen-bond donors (Lipinski definition) is 1. The number of carbonyl (C=O) groups is 1. The first-order chi connectivity index (χ1) is 10.2. The van der Waals surface area contributed by atoms with Gasteiger partial charge in [-0.05, 0) is 49.3 Å². The lowest BCUT2D eigenvalue weighted by molar-refractivity contribution is -0.0959. The van der Waals surface area contributed by atoms with Crippen molar-refractivity contribution in [2.75, 3.05) is 18.1 Å². The molecule has 2 fully saturated rings. The summed E-state index contributed by atoms with van der Waals surface area (Å²) in [6, 6.07) is 3.64. The highest BCUT2D eigenvalue weighted by Crippen LogP contribution is 2.40. The molecule has 0 saturated carbocycles. The van der Waals surface area contributed by atoms with Gasteiger partial charge in [0.15, 0.2) is 5.78 Å². The fourth-order valence-electron chi connectivity index (χ4n) is 3.32. The number of Topliss-reactive ketones (excluding diaryl/α,β-unsaturated/α-hetero) is 1. The maximum atomic E-state index is 12.8. The van der Waals surface area contributed by atoms with Crippen LogP contribution in [0.5, 0.6) is 0 Å². The summed E-state index contributed by atoms with van der Waals surface area (Å²) in [5.41, 5.74) is 7.09. The van der Waals surface area contributed by atoms with Crippen LogP contribution in [0.2, 0.25) is 0 Å². The second-order valence-electron chi connectivity index (χ2n) is 5.94. The molecule has 2 aliphatic rings. The van der Waals surface area contributed by atoms with Crippen molar-refractivity contribution in [1.82, 2.24) is 4.98 Å². The number of ketones is 1. The van der Waals surface area contributed by atoms with Gasteiger partial charge >= 0.3 is 0 Å². The number of hydrogen-bond acceptors (Lipinski definition) is 5. The van der Waals surface area contributed by atoms with E-state index >= 15 is 0 Å². The van der Waals surface area contributed by atoms with Crippen LogP contribution in [-0.2, 0) is 11.3 Å². The minimum Gasteiger partial charge on any atom is -0.375 e. The summed E-state index contributed by atoms with van der Waals surface area (Å²) in [6.45, 7) is 1.08. The minimum atomic E-state index is -0.0481. The molecule has 0 aromatic carbocycles. The Bertz CT molecular complexity index is 509. The molecule has 0 amide bonds. The normalized spacial score (nSPS) is 24.9. The number of pyridine rings is 1. The van der Waals surface area contributed by atoms with Crippen LogP contribution in [0.25, 0.3) is 0 Å². The average molecular weight is 306 g/mol. The molecule has 0 radical (unpaired) electrons. The summed E-state index contributed by atoms with van der Waals surface area (Å²) in [4.78, 5) is 16.9. The third-order valence-corrected chi connectivity index (χ3v) is 5.56. The zero-order chi connectivity index (χ0) is 14.7. The highest BCUT2D eigenvalue weighted by atomic mass is 32.2. The van der Waals surface area contributed by atoms with Gasteiger partial charge in [0.1, 0.15) is 0 Å². The van der Waals surface area contributed by atoms with Gasteiger partial charge in [-0.2, -0.15) is 11.8 Å². The number of thioether (sulfide) groups is 1. The zero-order valence-electron chi connectivity index (χ0n) is 12.2. The van der Waals surface area contributed by atoms with Crippen LogP contribution in [0.4, 0.5) is 0 Å².